The molecule has 10 aliphatic heterocycles. The molecule has 1 N–H and O–H groups in total. The van der Waals surface area contributed by atoms with Crippen LogP contribution in [0.2, 0.25) is 25.1 Å². The summed E-state index contributed by atoms with van der Waals surface area (Å²) < 4.78 is 41.1. The van der Waals surface area contributed by atoms with E-state index in [9.17, 15) is 4.79 Å². The van der Waals surface area contributed by atoms with Crippen LogP contribution < -0.4 is 0 Å². The van der Waals surface area contributed by atoms with E-state index < -0.39 is 0 Å². The Balaban J connectivity index is 0.0000000955. The van der Waals surface area contributed by atoms with Crippen molar-refractivity contribution < 1.29 is 28.5 Å². The number of likely N-dealkylation sites (tertiary alicyclic amines) is 5. The summed E-state index contributed by atoms with van der Waals surface area (Å²) in [4.78, 5) is 35.0. The zero-order valence-electron chi connectivity index (χ0n) is 78.5. The Morgan fingerprint density at radius 1 is 0.355 bits per heavy atom. The van der Waals surface area contributed by atoms with Gasteiger partial charge in [0.05, 0.1) is 210 Å². The van der Waals surface area contributed by atoms with Gasteiger partial charge in [0.15, 0.2) is 11.6 Å². The molecule has 2 saturated carbocycles. The summed E-state index contributed by atoms with van der Waals surface area (Å²) in [6.07, 6.45) is 43.5. The van der Waals surface area contributed by atoms with Gasteiger partial charge in [0.1, 0.15) is 17.1 Å². The fraction of sp³-hybridized carbons (Fsp3) is 0.475. The SMILES string of the molecule is CCC(=O)n1cc(-n2ncc3cc(Cl)c(C4CCN(C5COC5)CC4)cc32)cn1.Clc1cc2cnn(-c3cn(C4CC4)nn3)c2cc1C1CCN(C2COC2)CC1.Clc1cc2cnn(-c3cn[nH]c3)c2cc1C1CCN(C2COC2)CC1.Clc1cc2cnn(-c3cnn(-c4ncccn4)c3)c2cc1C1CCN(C2COC2)CC1.Clc1cc2cnn(-c3cnn(C4CC4)n3)c2cc1C1CCN(C2COC2)CC1. The van der Waals surface area contributed by atoms with Gasteiger partial charge in [0.2, 0.25) is 11.9 Å². The number of carbonyl (C=O) groups excluding carboxylic acids is 1. The highest BCUT2D eigenvalue weighted by molar-refractivity contribution is 6.34. The Hall–Kier alpha value is -10.8. The molecule has 16 aromatic rings. The molecule has 11 aromatic heterocycles. The van der Waals surface area contributed by atoms with Crippen molar-refractivity contribution in [1.82, 2.24) is 143 Å². The molecule has 0 bridgehead atoms. The number of nitrogens with one attached hydrogen (secondary N) is 1. The Morgan fingerprint density at radius 2 is 0.702 bits per heavy atom. The molecule has 732 valence electrons. The third kappa shape index (κ3) is 19.3. The fourth-order valence-corrected chi connectivity index (χ4v) is 23.3. The van der Waals surface area contributed by atoms with Gasteiger partial charge in [-0.25, -0.2) is 47.4 Å². The zero-order chi connectivity index (χ0) is 94.9. The Bertz CT molecular complexity index is 6940. The Morgan fingerprint density at radius 3 is 1.05 bits per heavy atom. The largest absolute Gasteiger partial charge is 0.378 e. The van der Waals surface area contributed by atoms with Gasteiger partial charge in [-0.05, 0) is 279 Å². The molecule has 0 radical (unpaired) electrons. The zero-order valence-corrected chi connectivity index (χ0v) is 82.3. The van der Waals surface area contributed by atoms with Crippen LogP contribution >= 0.6 is 58.0 Å². The quantitative estimate of drug-likeness (QED) is 0.0786. The van der Waals surface area contributed by atoms with Crippen molar-refractivity contribution in [3.8, 4) is 34.6 Å². The molecule has 12 aliphatic rings. The summed E-state index contributed by atoms with van der Waals surface area (Å²) in [7, 11) is 0. The van der Waals surface area contributed by atoms with Crippen LogP contribution in [0.4, 0.5) is 0 Å². The number of hydrogen-bond donors (Lipinski definition) is 1. The van der Waals surface area contributed by atoms with Crippen LogP contribution in [0.5, 0.6) is 0 Å². The van der Waals surface area contributed by atoms with E-state index in [1.807, 2.05) is 120 Å². The third-order valence-electron chi connectivity index (χ3n) is 30.9. The second-order valence-electron chi connectivity index (χ2n) is 39.5. The predicted molar refractivity (Wildman–Crippen MR) is 536 cm³/mol. The standard InChI is InChI=1S/C22H22ClN7O.C21H24ClN5O2.2C20H23ClN6O.C18H20ClN5O/c23-20-8-16-10-27-30(17-11-26-29(12-17)22-24-4-1-5-25-22)21(16)9-19(20)15-2-6-28(7-3-15)18-13-31-14-18;1-2-21(28)26-11-16(10-23-26)27-20-8-18(19(22)7-15(20)9-24-27)14-3-5-25(6-4-14)17-12-29-13-17;21-18-7-14-9-22-27(20-10-26(24-23-20)15-1-2-15)19(14)8-17(18)13-3-5-25(6-4-13)16-11-28-12-16;21-18-7-14-9-22-26(20-10-23-27(24-20)15-1-2-15)19(14)8-17(18)13-3-5-25(6-4-13)16-11-28-12-16;19-17-5-13-7-22-24(14-8-20-21-9-14)18(13)6-16(17)12-1-3-23(4-2-12)15-10-25-11-15/h1,4-5,8-12,15,18H,2-3,6-7,13-14H2;7-11,14,17H,2-6,12-13H2,1H3;2*7-10,13,15-16H,1-6,11-12H2;5-9,12,15H,1-4,10-11H2,(H,20,21). The molecule has 12 fully saturated rings. The maximum atomic E-state index is 11.9. The van der Waals surface area contributed by atoms with Crippen molar-refractivity contribution in [2.24, 2.45) is 0 Å². The van der Waals surface area contributed by atoms with Crippen LogP contribution in [-0.2, 0) is 23.7 Å². The summed E-state index contributed by atoms with van der Waals surface area (Å²) >= 11 is 33.4. The number of hydrogen-bond acceptors (Lipinski definition) is 25. The second kappa shape index (κ2) is 40.4. The molecule has 10 saturated heterocycles. The van der Waals surface area contributed by atoms with E-state index in [0.717, 1.165) is 304 Å². The van der Waals surface area contributed by atoms with E-state index in [1.165, 1.54) is 58.2 Å². The lowest BCUT2D eigenvalue weighted by molar-refractivity contribution is -0.0712. The number of fused-ring (bicyclic) bond motifs is 5. The van der Waals surface area contributed by atoms with E-state index in [-0.39, 0.29) is 5.91 Å². The number of carbonyl (C=O) groups is 1. The minimum absolute atomic E-state index is 0.0416. The number of nitrogens with zero attached hydrogens (tertiary/aromatic N) is 28. The molecule has 35 nitrogen and oxygen atoms in total. The van der Waals surface area contributed by atoms with E-state index >= 15 is 0 Å². The number of ether oxygens (including phenoxy) is 5. The molecule has 0 spiro atoms. The van der Waals surface area contributed by atoms with Crippen molar-refractivity contribution in [1.29, 1.82) is 0 Å². The van der Waals surface area contributed by atoms with Crippen LogP contribution in [0.1, 0.15) is 178 Å². The Labute approximate surface area is 838 Å². The molecule has 0 atom stereocenters. The van der Waals surface area contributed by atoms with Crippen LogP contribution in [0.25, 0.3) is 89.2 Å². The highest BCUT2D eigenvalue weighted by Crippen LogP contribution is 2.45. The van der Waals surface area contributed by atoms with Crippen LogP contribution in [0, 0.1) is 0 Å². The minimum atomic E-state index is -0.0416. The number of halogens is 5. The summed E-state index contributed by atoms with van der Waals surface area (Å²) in [5.41, 5.74) is 13.9. The number of H-pyrrole nitrogens is 1. The summed E-state index contributed by atoms with van der Waals surface area (Å²) in [6, 6.07) is 27.0. The highest BCUT2D eigenvalue weighted by atomic mass is 35.5. The van der Waals surface area contributed by atoms with Crippen molar-refractivity contribution in [3.63, 3.8) is 0 Å². The Kier molecular flexibility index (Phi) is 26.5. The first-order valence-corrected chi connectivity index (χ1v) is 51.8. The van der Waals surface area contributed by atoms with Crippen molar-refractivity contribution in [3.05, 3.63) is 213 Å². The number of rotatable bonds is 19. The molecule has 2 aliphatic carbocycles. The average Bonchev–Trinajstić information content (AvgIpc) is 1.60. The van der Waals surface area contributed by atoms with Gasteiger partial charge in [-0.1, -0.05) is 70.1 Å². The lowest BCUT2D eigenvalue weighted by atomic mass is 9.88. The molecular formula is C101H112Cl5N29O6. The number of piperidine rings is 5. The number of aromatic nitrogens is 24. The molecule has 0 amide bonds. The van der Waals surface area contributed by atoms with Crippen LogP contribution in [-0.4, -0.2) is 311 Å². The van der Waals surface area contributed by atoms with Crippen LogP contribution in [0.3, 0.4) is 0 Å². The molecular weight excluding hydrogens is 1890 g/mol. The third-order valence-corrected chi connectivity index (χ3v) is 32.5. The molecule has 141 heavy (non-hydrogen) atoms. The van der Waals surface area contributed by atoms with Gasteiger partial charge in [0.25, 0.3) is 0 Å². The lowest BCUT2D eigenvalue weighted by Gasteiger charge is -2.41. The van der Waals surface area contributed by atoms with Crippen LogP contribution in [0.15, 0.2) is 160 Å². The number of aromatic amines is 1. The topological polar surface area (TPSA) is 320 Å². The summed E-state index contributed by atoms with van der Waals surface area (Å²) in [6.45, 7) is 21.7. The fourth-order valence-electron chi connectivity index (χ4n) is 21.7. The van der Waals surface area contributed by atoms with Gasteiger partial charge in [-0.3, -0.25) is 34.4 Å². The second-order valence-corrected chi connectivity index (χ2v) is 41.6. The molecule has 21 heterocycles. The first-order valence-electron chi connectivity index (χ1n) is 49.9. The molecule has 28 rings (SSSR count). The molecule has 5 aromatic carbocycles. The average molecular weight is 2010 g/mol. The summed E-state index contributed by atoms with van der Waals surface area (Å²) in [5.74, 6) is 4.40. The summed E-state index contributed by atoms with van der Waals surface area (Å²) in [5, 5.41) is 65.2. The predicted octanol–water partition coefficient (Wildman–Crippen LogP) is 16.1. The van der Waals surface area contributed by atoms with E-state index in [0.29, 0.717) is 84.3 Å². The maximum absolute atomic E-state index is 11.9. The highest BCUT2D eigenvalue weighted by Gasteiger charge is 2.39. The van der Waals surface area contributed by atoms with Gasteiger partial charge in [-0.2, -0.15) is 50.7 Å². The van der Waals surface area contributed by atoms with Gasteiger partial charge in [-0.15, -0.1) is 10.2 Å². The lowest BCUT2D eigenvalue weighted by Crippen LogP contribution is -2.51. The molecule has 40 heteroatoms. The van der Waals surface area contributed by atoms with E-state index in [4.69, 9.17) is 81.7 Å². The monoisotopic (exact) mass is 2000 g/mol. The van der Waals surface area contributed by atoms with Gasteiger partial charge < -0.3 is 23.7 Å². The smallest absolute Gasteiger partial charge is 0.250 e. The van der Waals surface area contributed by atoms with Crippen molar-refractivity contribution in [2.75, 3.05) is 132 Å². The van der Waals surface area contributed by atoms with E-state index in [1.54, 1.807) is 54.1 Å². The van der Waals surface area contributed by atoms with Crippen molar-refractivity contribution in [2.45, 2.75) is 175 Å². The minimum Gasteiger partial charge on any atom is -0.378 e. The number of benzene rings is 5. The maximum Gasteiger partial charge on any atom is 0.250 e. The first-order chi connectivity index (χ1) is 69.2. The van der Waals surface area contributed by atoms with E-state index in [2.05, 4.69) is 131 Å². The van der Waals surface area contributed by atoms with Gasteiger partial charge >= 0.3 is 0 Å². The normalized spacial score (nSPS) is 20.3. The first kappa shape index (κ1) is 92.6. The molecule has 0 unspecified atom stereocenters. The van der Waals surface area contributed by atoms with Gasteiger partial charge in [0, 0.05) is 77.1 Å². The van der Waals surface area contributed by atoms with Crippen molar-refractivity contribution >= 4 is 118 Å².